The molecule has 0 aliphatic rings. The zero-order valence-corrected chi connectivity index (χ0v) is 8.48. The summed E-state index contributed by atoms with van der Waals surface area (Å²) in [5.74, 6) is -0.225. The third-order valence-electron chi connectivity index (χ3n) is 0.889. The summed E-state index contributed by atoms with van der Waals surface area (Å²) in [6.07, 6.45) is 0. The maximum absolute atomic E-state index is 12.1. The van der Waals surface area contributed by atoms with E-state index in [1.165, 1.54) is 12.1 Å². The molecule has 50 valence electrons. The number of hydrogen-bond donors (Lipinski definition) is 0. The minimum absolute atomic E-state index is 0. The van der Waals surface area contributed by atoms with Crippen LogP contribution >= 0.6 is 0 Å². The van der Waals surface area contributed by atoms with Crippen molar-refractivity contribution in [3.8, 4) is 0 Å². The van der Waals surface area contributed by atoms with E-state index in [4.69, 9.17) is 0 Å². The molecule has 0 amide bonds. The van der Waals surface area contributed by atoms with E-state index in [0.29, 0.717) is 5.56 Å². The van der Waals surface area contributed by atoms with E-state index in [0.717, 1.165) is 0 Å². The Morgan fingerprint density at radius 1 is 1.30 bits per heavy atom. The van der Waals surface area contributed by atoms with E-state index in [9.17, 15) is 4.39 Å². The van der Waals surface area contributed by atoms with E-state index in [2.05, 4.69) is 6.92 Å². The molecule has 0 spiro atoms. The van der Waals surface area contributed by atoms with Crippen molar-refractivity contribution in [3.05, 3.63) is 42.6 Å². The minimum Gasteiger partial charge on any atom is -1.00 e. The molecule has 10 heavy (non-hydrogen) atoms. The van der Waals surface area contributed by atoms with E-state index in [-0.39, 0.29) is 45.9 Å². The van der Waals surface area contributed by atoms with Crippen molar-refractivity contribution in [3.63, 3.8) is 0 Å². The molecule has 3 heteroatoms. The van der Waals surface area contributed by atoms with Gasteiger partial charge < -0.3 is 17.0 Å². The number of rotatable bonds is 0. The van der Waals surface area contributed by atoms with Gasteiger partial charge in [0.25, 0.3) is 0 Å². The summed E-state index contributed by atoms with van der Waals surface area (Å²) in [7, 11) is 0. The van der Waals surface area contributed by atoms with Crippen LogP contribution in [-0.2, 0) is 0 Å². The number of hydrogen-bond acceptors (Lipinski definition) is 0. The van der Waals surface area contributed by atoms with Crippen LogP contribution in [0.3, 0.4) is 0 Å². The molecule has 0 N–H and O–H groups in total. The first-order chi connectivity index (χ1) is 3.79. The van der Waals surface area contributed by atoms with E-state index in [1.807, 2.05) is 0 Å². The Labute approximate surface area is 86.7 Å². The molecule has 0 heterocycles. The normalized spacial score (nSPS) is 7.30. The van der Waals surface area contributed by atoms with Gasteiger partial charge in [-0.2, -0.15) is 18.6 Å². The van der Waals surface area contributed by atoms with Crippen LogP contribution in [0.4, 0.5) is 4.39 Å². The molecule has 0 nitrogen and oxygen atoms in total. The second kappa shape index (κ2) is 6.01. The Morgan fingerprint density at radius 3 is 2.20 bits per heavy atom. The predicted molar refractivity (Wildman–Crippen MR) is 36.6 cm³/mol. The van der Waals surface area contributed by atoms with Gasteiger partial charge in [0.2, 0.25) is 0 Å². The molecule has 0 aliphatic carbocycles. The Kier molecular flexibility index (Phi) is 7.75. The van der Waals surface area contributed by atoms with Crippen LogP contribution in [0.2, 0.25) is 0 Å². The molecule has 0 radical (unpaired) electrons. The summed E-state index contributed by atoms with van der Waals surface area (Å²) in [6, 6.07) is 6.18. The summed E-state index contributed by atoms with van der Waals surface area (Å²) >= 11 is 0. The van der Waals surface area contributed by atoms with Crippen LogP contribution in [0.5, 0.6) is 0 Å². The van der Waals surface area contributed by atoms with Crippen LogP contribution in [0.15, 0.2) is 24.3 Å². The Hall–Kier alpha value is 0.266. The topological polar surface area (TPSA) is 0 Å². The summed E-state index contributed by atoms with van der Waals surface area (Å²) in [5.41, 5.74) is 0.713. The summed E-state index contributed by atoms with van der Waals surface area (Å²) in [4.78, 5) is 0. The van der Waals surface area contributed by atoms with Crippen molar-refractivity contribution in [2.45, 2.75) is 0 Å². The molecular formula is C7H6BrFMg. The van der Waals surface area contributed by atoms with E-state index in [1.54, 1.807) is 12.1 Å². The van der Waals surface area contributed by atoms with Crippen LogP contribution in [0.25, 0.3) is 0 Å². The van der Waals surface area contributed by atoms with Gasteiger partial charge in [-0.05, 0) is 0 Å². The van der Waals surface area contributed by atoms with Crippen molar-refractivity contribution >= 4 is 23.1 Å². The maximum atomic E-state index is 12.1. The second-order valence-electron chi connectivity index (χ2n) is 1.63. The molecule has 0 bridgehead atoms. The zero-order valence-electron chi connectivity index (χ0n) is 5.48. The molecule has 0 saturated heterocycles. The zero-order chi connectivity index (χ0) is 5.98. The first-order valence-corrected chi connectivity index (χ1v) is 2.36. The minimum atomic E-state index is -0.225. The molecule has 1 rings (SSSR count). The summed E-state index contributed by atoms with van der Waals surface area (Å²) in [5, 5.41) is 0. The van der Waals surface area contributed by atoms with Crippen LogP contribution in [0, 0.1) is 12.7 Å². The fraction of sp³-hybridized carbons (Fsp3) is 0. The molecule has 0 aliphatic heterocycles. The number of benzene rings is 1. The molecule has 0 saturated carbocycles. The third kappa shape index (κ3) is 4.14. The average Bonchev–Trinajstić information content (AvgIpc) is 1.64. The maximum Gasteiger partial charge on any atom is 2.00 e. The van der Waals surface area contributed by atoms with Crippen LogP contribution in [-0.4, -0.2) is 23.1 Å². The van der Waals surface area contributed by atoms with Gasteiger partial charge in [0.15, 0.2) is 0 Å². The van der Waals surface area contributed by atoms with Crippen molar-refractivity contribution in [2.24, 2.45) is 0 Å². The van der Waals surface area contributed by atoms with Crippen LogP contribution in [0.1, 0.15) is 5.56 Å². The van der Waals surface area contributed by atoms with Crippen molar-refractivity contribution < 1.29 is 21.4 Å². The van der Waals surface area contributed by atoms with Gasteiger partial charge in [0.1, 0.15) is 0 Å². The first-order valence-electron chi connectivity index (χ1n) is 2.36. The van der Waals surface area contributed by atoms with E-state index < -0.39 is 0 Å². The van der Waals surface area contributed by atoms with Crippen molar-refractivity contribution in [2.75, 3.05) is 0 Å². The molecule has 1 aromatic carbocycles. The van der Waals surface area contributed by atoms with Crippen molar-refractivity contribution in [1.29, 1.82) is 0 Å². The molecule has 0 atom stereocenters. The second-order valence-corrected chi connectivity index (χ2v) is 1.63. The standard InChI is InChI=1S/C7H6F.BrH.Mg/c1-6-3-2-4-7(8)5-6;;/h2-5H,1H2;1H;/q-1;;+2/p-1. The fourth-order valence-corrected chi connectivity index (χ4v) is 0.537. The Bertz CT molecular complexity index is 173. The largest absolute Gasteiger partial charge is 2.00 e. The van der Waals surface area contributed by atoms with Gasteiger partial charge in [0.05, 0.1) is 5.82 Å². The monoisotopic (exact) mass is 212 g/mol. The SMILES string of the molecule is [Br-].[CH2-]c1cccc(F)c1.[Mg+2]. The fourth-order valence-electron chi connectivity index (χ4n) is 0.537. The van der Waals surface area contributed by atoms with Gasteiger partial charge >= 0.3 is 23.1 Å². The number of halogens is 2. The first kappa shape index (κ1) is 12.9. The van der Waals surface area contributed by atoms with Crippen LogP contribution < -0.4 is 17.0 Å². The van der Waals surface area contributed by atoms with Gasteiger partial charge in [-0.15, -0.1) is 12.1 Å². The van der Waals surface area contributed by atoms with Gasteiger partial charge in [0, 0.05) is 0 Å². The average molecular weight is 213 g/mol. The molecule has 1 aromatic rings. The van der Waals surface area contributed by atoms with Crippen molar-refractivity contribution in [1.82, 2.24) is 0 Å². The summed E-state index contributed by atoms with van der Waals surface area (Å²) in [6.45, 7) is 3.54. The van der Waals surface area contributed by atoms with Gasteiger partial charge in [-0.1, -0.05) is 6.07 Å². The van der Waals surface area contributed by atoms with Gasteiger partial charge in [-0.25, -0.2) is 4.39 Å². The Balaban J connectivity index is 0. The molecular weight excluding hydrogens is 207 g/mol. The van der Waals surface area contributed by atoms with Gasteiger partial charge in [-0.3, -0.25) is 0 Å². The Morgan fingerprint density at radius 2 is 1.90 bits per heavy atom. The predicted octanol–water partition coefficient (Wildman–Crippen LogP) is -1.37. The summed E-state index contributed by atoms with van der Waals surface area (Å²) < 4.78 is 12.1. The van der Waals surface area contributed by atoms with E-state index >= 15 is 0 Å². The quantitative estimate of drug-likeness (QED) is 0.368. The third-order valence-corrected chi connectivity index (χ3v) is 0.889. The molecule has 0 unspecified atom stereocenters. The molecule has 0 fully saturated rings. The smallest absolute Gasteiger partial charge is 1.00 e. The molecule has 0 aromatic heterocycles.